The quantitative estimate of drug-likeness (QED) is 0.746. The number of aliphatic hydroxyl groups excluding tert-OH is 1. The number of carbonyl (C=O) groups excluding carboxylic acids is 1. The van der Waals surface area contributed by atoms with Gasteiger partial charge in [0.2, 0.25) is 0 Å². The highest BCUT2D eigenvalue weighted by Gasteiger charge is 2.27. The molecule has 1 saturated heterocycles. The van der Waals surface area contributed by atoms with Crippen molar-refractivity contribution in [2.75, 3.05) is 43.9 Å². The standard InChI is InChI=1S/C20H30ClN3O2/c21-14-19(25)15-22-17-8-6-16(7-9-17)20(26)24-12-10-23(11-13-24)18-4-2-1-3-5-18/h6-9,18-19,22,25H,1-5,10-15H2. The van der Waals surface area contributed by atoms with Crippen LogP contribution in [0.5, 0.6) is 0 Å². The minimum absolute atomic E-state index is 0.112. The van der Waals surface area contributed by atoms with Crippen molar-refractivity contribution in [1.82, 2.24) is 9.80 Å². The second-order valence-electron chi connectivity index (χ2n) is 7.39. The molecule has 2 N–H and O–H groups in total. The number of amides is 1. The van der Waals surface area contributed by atoms with Crippen LogP contribution >= 0.6 is 11.6 Å². The third kappa shape index (κ3) is 5.12. The summed E-state index contributed by atoms with van der Waals surface area (Å²) in [4.78, 5) is 17.3. The number of halogens is 1. The van der Waals surface area contributed by atoms with Gasteiger partial charge in [0.05, 0.1) is 12.0 Å². The lowest BCUT2D eigenvalue weighted by molar-refractivity contribution is 0.0523. The number of hydrogen-bond acceptors (Lipinski definition) is 4. The maximum atomic E-state index is 12.7. The molecule has 2 aliphatic rings. The molecule has 1 saturated carbocycles. The first-order valence-corrected chi connectivity index (χ1v) is 10.3. The molecule has 5 nitrogen and oxygen atoms in total. The molecule has 144 valence electrons. The molecule has 1 amide bonds. The van der Waals surface area contributed by atoms with E-state index in [1.807, 2.05) is 29.2 Å². The highest BCUT2D eigenvalue weighted by molar-refractivity contribution is 6.18. The van der Waals surface area contributed by atoms with Crippen LogP contribution in [0.2, 0.25) is 0 Å². The van der Waals surface area contributed by atoms with Crippen molar-refractivity contribution in [3.63, 3.8) is 0 Å². The third-order valence-electron chi connectivity index (χ3n) is 5.54. The van der Waals surface area contributed by atoms with E-state index in [0.29, 0.717) is 6.54 Å². The molecule has 1 unspecified atom stereocenters. The summed E-state index contributed by atoms with van der Waals surface area (Å²) in [6.07, 6.45) is 6.16. The predicted molar refractivity (Wildman–Crippen MR) is 106 cm³/mol. The molecule has 1 aliphatic heterocycles. The van der Waals surface area contributed by atoms with Crippen LogP contribution in [-0.2, 0) is 0 Å². The van der Waals surface area contributed by atoms with E-state index in [1.54, 1.807) is 0 Å². The number of rotatable bonds is 6. The first-order valence-electron chi connectivity index (χ1n) is 9.78. The number of hydrogen-bond donors (Lipinski definition) is 2. The Labute approximate surface area is 161 Å². The van der Waals surface area contributed by atoms with Crippen LogP contribution in [0.25, 0.3) is 0 Å². The normalized spacial score (nSPS) is 20.8. The number of piperazine rings is 1. The maximum Gasteiger partial charge on any atom is 0.253 e. The SMILES string of the molecule is O=C(c1ccc(NCC(O)CCl)cc1)N1CCN(C2CCCCC2)CC1. The van der Waals surface area contributed by atoms with E-state index in [1.165, 1.54) is 32.1 Å². The summed E-state index contributed by atoms with van der Waals surface area (Å²) in [6, 6.07) is 8.20. The molecule has 1 aliphatic carbocycles. The minimum Gasteiger partial charge on any atom is -0.390 e. The molecule has 3 rings (SSSR count). The summed E-state index contributed by atoms with van der Waals surface area (Å²) >= 11 is 5.59. The van der Waals surface area contributed by atoms with E-state index in [4.69, 9.17) is 11.6 Å². The average Bonchev–Trinajstić information content (AvgIpc) is 2.72. The third-order valence-corrected chi connectivity index (χ3v) is 5.90. The Kier molecular flexibility index (Phi) is 7.17. The van der Waals surface area contributed by atoms with E-state index >= 15 is 0 Å². The van der Waals surface area contributed by atoms with E-state index in [9.17, 15) is 9.90 Å². The Morgan fingerprint density at radius 1 is 1.12 bits per heavy atom. The van der Waals surface area contributed by atoms with Gasteiger partial charge >= 0.3 is 0 Å². The Morgan fingerprint density at radius 2 is 1.77 bits per heavy atom. The lowest BCUT2D eigenvalue weighted by Gasteiger charge is -2.40. The zero-order valence-corrected chi connectivity index (χ0v) is 16.1. The highest BCUT2D eigenvalue weighted by Crippen LogP contribution is 2.24. The first kappa shape index (κ1) is 19.5. The number of alkyl halides is 1. The Morgan fingerprint density at radius 3 is 2.38 bits per heavy atom. The summed E-state index contributed by atoms with van der Waals surface area (Å²) in [5.41, 5.74) is 1.60. The largest absolute Gasteiger partial charge is 0.390 e. The molecular formula is C20H30ClN3O2. The molecule has 26 heavy (non-hydrogen) atoms. The second-order valence-corrected chi connectivity index (χ2v) is 7.69. The van der Waals surface area contributed by atoms with Crippen molar-refractivity contribution in [2.45, 2.75) is 44.2 Å². The van der Waals surface area contributed by atoms with Gasteiger partial charge in [0, 0.05) is 50.0 Å². The number of benzene rings is 1. The van der Waals surface area contributed by atoms with Crippen LogP contribution in [0.1, 0.15) is 42.5 Å². The van der Waals surface area contributed by atoms with Gasteiger partial charge in [0.15, 0.2) is 0 Å². The van der Waals surface area contributed by atoms with Gasteiger partial charge in [-0.25, -0.2) is 0 Å². The molecule has 1 aromatic rings. The number of nitrogens with one attached hydrogen (secondary N) is 1. The van der Waals surface area contributed by atoms with Crippen LogP contribution in [0.3, 0.4) is 0 Å². The molecule has 0 aromatic heterocycles. The van der Waals surface area contributed by atoms with Crippen LogP contribution in [0, 0.1) is 0 Å². The Bertz CT molecular complexity index is 567. The number of anilines is 1. The fourth-order valence-corrected chi connectivity index (χ4v) is 4.05. The van der Waals surface area contributed by atoms with Crippen molar-refractivity contribution in [2.24, 2.45) is 0 Å². The average molecular weight is 380 g/mol. The van der Waals surface area contributed by atoms with Crippen molar-refractivity contribution in [3.05, 3.63) is 29.8 Å². The van der Waals surface area contributed by atoms with Gasteiger partial charge in [-0.2, -0.15) is 0 Å². The summed E-state index contributed by atoms with van der Waals surface area (Å²) in [7, 11) is 0. The van der Waals surface area contributed by atoms with E-state index in [0.717, 1.165) is 43.5 Å². The van der Waals surface area contributed by atoms with Gasteiger partial charge in [-0.05, 0) is 37.1 Å². The van der Waals surface area contributed by atoms with Gasteiger partial charge in [-0.15, -0.1) is 11.6 Å². The lowest BCUT2D eigenvalue weighted by atomic mass is 9.94. The predicted octanol–water partition coefficient (Wildman–Crippen LogP) is 2.79. The van der Waals surface area contributed by atoms with Crippen LogP contribution in [0.15, 0.2) is 24.3 Å². The molecule has 1 heterocycles. The highest BCUT2D eigenvalue weighted by atomic mass is 35.5. The van der Waals surface area contributed by atoms with E-state index in [2.05, 4.69) is 10.2 Å². The Hall–Kier alpha value is -1.30. The van der Waals surface area contributed by atoms with Gasteiger partial charge in [-0.3, -0.25) is 9.69 Å². The molecule has 0 bridgehead atoms. The first-order chi connectivity index (χ1) is 12.7. The molecule has 6 heteroatoms. The van der Waals surface area contributed by atoms with Crippen LogP contribution in [-0.4, -0.2) is 71.6 Å². The molecular weight excluding hydrogens is 350 g/mol. The van der Waals surface area contributed by atoms with Gasteiger partial charge < -0.3 is 15.3 Å². The topological polar surface area (TPSA) is 55.8 Å². The van der Waals surface area contributed by atoms with Crippen molar-refractivity contribution < 1.29 is 9.90 Å². The summed E-state index contributed by atoms with van der Waals surface area (Å²) < 4.78 is 0. The molecule has 1 aromatic carbocycles. The zero-order chi connectivity index (χ0) is 18.4. The van der Waals surface area contributed by atoms with Crippen LogP contribution < -0.4 is 5.32 Å². The summed E-state index contributed by atoms with van der Waals surface area (Å²) in [5, 5.41) is 12.6. The molecule has 0 spiro atoms. The summed E-state index contributed by atoms with van der Waals surface area (Å²) in [5.74, 6) is 0.316. The van der Waals surface area contributed by atoms with Crippen LogP contribution in [0.4, 0.5) is 5.69 Å². The fraction of sp³-hybridized carbons (Fsp3) is 0.650. The zero-order valence-electron chi connectivity index (χ0n) is 15.4. The second kappa shape index (κ2) is 9.58. The molecule has 2 fully saturated rings. The van der Waals surface area contributed by atoms with Crippen molar-refractivity contribution >= 4 is 23.2 Å². The van der Waals surface area contributed by atoms with E-state index < -0.39 is 6.10 Å². The van der Waals surface area contributed by atoms with Gasteiger partial charge in [0.1, 0.15) is 0 Å². The smallest absolute Gasteiger partial charge is 0.253 e. The number of aliphatic hydroxyl groups is 1. The van der Waals surface area contributed by atoms with E-state index in [-0.39, 0.29) is 11.8 Å². The fourth-order valence-electron chi connectivity index (χ4n) is 3.94. The minimum atomic E-state index is -0.571. The summed E-state index contributed by atoms with van der Waals surface area (Å²) in [6.45, 7) is 4.02. The number of nitrogens with zero attached hydrogens (tertiary/aromatic N) is 2. The van der Waals surface area contributed by atoms with Crippen molar-refractivity contribution in [3.8, 4) is 0 Å². The molecule has 1 atom stereocenters. The Balaban J connectivity index is 1.48. The lowest BCUT2D eigenvalue weighted by Crippen LogP contribution is -2.52. The maximum absolute atomic E-state index is 12.7. The van der Waals surface area contributed by atoms with Crippen molar-refractivity contribution in [1.29, 1.82) is 0 Å². The van der Waals surface area contributed by atoms with Gasteiger partial charge in [-0.1, -0.05) is 19.3 Å². The van der Waals surface area contributed by atoms with Gasteiger partial charge in [0.25, 0.3) is 5.91 Å². The number of carbonyl (C=O) groups is 1. The monoisotopic (exact) mass is 379 g/mol. The molecule has 0 radical (unpaired) electrons.